The van der Waals surface area contributed by atoms with Gasteiger partial charge in [0.2, 0.25) is 0 Å². The van der Waals surface area contributed by atoms with Crippen LogP contribution in [0.3, 0.4) is 0 Å². The van der Waals surface area contributed by atoms with Crippen molar-refractivity contribution >= 4 is 23.7 Å². The number of ether oxygens (including phenoxy) is 3. The van der Waals surface area contributed by atoms with Gasteiger partial charge in [-0.05, 0) is 32.1 Å². The minimum atomic E-state index is -0.582. The van der Waals surface area contributed by atoms with Crippen LogP contribution in [0.2, 0.25) is 0 Å². The van der Waals surface area contributed by atoms with Crippen LogP contribution in [-0.2, 0) is 23.8 Å². The molecule has 0 aliphatic rings. The van der Waals surface area contributed by atoms with Crippen molar-refractivity contribution in [3.05, 3.63) is 0 Å². The normalized spacial score (nSPS) is 13.4. The summed E-state index contributed by atoms with van der Waals surface area (Å²) in [4.78, 5) is 24.4. The van der Waals surface area contributed by atoms with Crippen molar-refractivity contribution in [3.63, 3.8) is 0 Å². The highest BCUT2D eigenvalue weighted by Gasteiger charge is 2.27. The Hall–Kier alpha value is -0.750. The number of hydrogen-bond donors (Lipinski definition) is 0. The van der Waals surface area contributed by atoms with Crippen LogP contribution < -0.4 is 0 Å². The Labute approximate surface area is 176 Å². The van der Waals surface area contributed by atoms with Gasteiger partial charge in [0.15, 0.2) is 0 Å². The summed E-state index contributed by atoms with van der Waals surface area (Å²) < 4.78 is 16.4. The Kier molecular flexibility index (Phi) is 17.8. The first-order valence-electron chi connectivity index (χ1n) is 11.0. The predicted octanol–water partition coefficient (Wildman–Crippen LogP) is 5.74. The molecule has 0 aromatic heterocycles. The molecule has 6 heteroatoms. The Morgan fingerprint density at radius 1 is 0.821 bits per heavy atom. The number of hydrogen-bond acceptors (Lipinski definition) is 6. The highest BCUT2D eigenvalue weighted by molar-refractivity contribution is 8.01. The summed E-state index contributed by atoms with van der Waals surface area (Å²) in [6.45, 7) is 12.0. The molecule has 166 valence electrons. The maximum Gasteiger partial charge on any atom is 0.319 e. The SMILES string of the molecule is CCCCOC(=O)CC(S[C@@H](C)OCCCCCC(C)C)C(=O)OCCCC. The van der Waals surface area contributed by atoms with Gasteiger partial charge in [-0.25, -0.2) is 0 Å². The third kappa shape index (κ3) is 16.2. The van der Waals surface area contributed by atoms with Gasteiger partial charge >= 0.3 is 11.9 Å². The summed E-state index contributed by atoms with van der Waals surface area (Å²) in [7, 11) is 0. The maximum absolute atomic E-state index is 12.4. The zero-order valence-electron chi connectivity index (χ0n) is 18.7. The molecule has 28 heavy (non-hydrogen) atoms. The zero-order valence-corrected chi connectivity index (χ0v) is 19.5. The number of rotatable bonds is 18. The van der Waals surface area contributed by atoms with Crippen LogP contribution in [0.15, 0.2) is 0 Å². The lowest BCUT2D eigenvalue weighted by atomic mass is 10.1. The predicted molar refractivity (Wildman–Crippen MR) is 116 cm³/mol. The number of carbonyl (C=O) groups excluding carboxylic acids is 2. The van der Waals surface area contributed by atoms with Gasteiger partial charge in [-0.3, -0.25) is 9.59 Å². The van der Waals surface area contributed by atoms with Crippen molar-refractivity contribution in [1.82, 2.24) is 0 Å². The molecule has 0 N–H and O–H groups in total. The van der Waals surface area contributed by atoms with Crippen molar-refractivity contribution in [1.29, 1.82) is 0 Å². The lowest BCUT2D eigenvalue weighted by Gasteiger charge is -2.20. The second-order valence-corrected chi connectivity index (χ2v) is 9.11. The van der Waals surface area contributed by atoms with Gasteiger partial charge in [-0.15, -0.1) is 11.8 Å². The lowest BCUT2D eigenvalue weighted by Crippen LogP contribution is -2.27. The molecule has 0 fully saturated rings. The van der Waals surface area contributed by atoms with Crippen LogP contribution in [0, 0.1) is 5.92 Å². The van der Waals surface area contributed by atoms with Crippen molar-refractivity contribution in [3.8, 4) is 0 Å². The number of carbonyl (C=O) groups is 2. The fourth-order valence-electron chi connectivity index (χ4n) is 2.49. The van der Waals surface area contributed by atoms with E-state index in [2.05, 4.69) is 13.8 Å². The summed E-state index contributed by atoms with van der Waals surface area (Å²) >= 11 is 1.35. The van der Waals surface area contributed by atoms with E-state index in [-0.39, 0.29) is 23.8 Å². The van der Waals surface area contributed by atoms with E-state index >= 15 is 0 Å². The minimum Gasteiger partial charge on any atom is -0.466 e. The van der Waals surface area contributed by atoms with Crippen molar-refractivity contribution in [2.24, 2.45) is 5.92 Å². The maximum atomic E-state index is 12.4. The molecule has 1 unspecified atom stereocenters. The Morgan fingerprint density at radius 3 is 2.07 bits per heavy atom. The van der Waals surface area contributed by atoms with Crippen molar-refractivity contribution in [2.45, 2.75) is 103 Å². The van der Waals surface area contributed by atoms with E-state index in [0.29, 0.717) is 19.8 Å². The summed E-state index contributed by atoms with van der Waals surface area (Å²) in [6, 6.07) is 0. The molecule has 0 aliphatic heterocycles. The lowest BCUT2D eigenvalue weighted by molar-refractivity contribution is -0.149. The Bertz CT molecular complexity index is 400. The first kappa shape index (κ1) is 27.2. The van der Waals surface area contributed by atoms with Gasteiger partial charge in [0.25, 0.3) is 0 Å². The third-order valence-corrected chi connectivity index (χ3v) is 5.46. The van der Waals surface area contributed by atoms with Gasteiger partial charge in [0.1, 0.15) is 10.7 Å². The molecule has 5 nitrogen and oxygen atoms in total. The molecular weight excluding hydrogens is 376 g/mol. The average Bonchev–Trinajstić information content (AvgIpc) is 2.64. The van der Waals surface area contributed by atoms with Crippen LogP contribution in [0.1, 0.15) is 92.4 Å². The van der Waals surface area contributed by atoms with Crippen molar-refractivity contribution < 1.29 is 23.8 Å². The fourth-order valence-corrected chi connectivity index (χ4v) is 3.54. The van der Waals surface area contributed by atoms with E-state index in [4.69, 9.17) is 14.2 Å². The second kappa shape index (κ2) is 18.3. The molecule has 0 radical (unpaired) electrons. The first-order valence-corrected chi connectivity index (χ1v) is 11.9. The topological polar surface area (TPSA) is 61.8 Å². The molecule has 0 aromatic rings. The standard InChI is InChI=1S/C22H42O5S/c1-6-8-14-26-21(23)17-20(22(24)27-15-9-7-2)28-19(5)25-16-12-10-11-13-18(3)4/h18-20H,6-17H2,1-5H3/t19-,20?/m0/s1. The quantitative estimate of drug-likeness (QED) is 0.161. The van der Waals surface area contributed by atoms with Crippen LogP contribution in [0.5, 0.6) is 0 Å². The average molecular weight is 419 g/mol. The van der Waals surface area contributed by atoms with E-state index in [1.54, 1.807) is 0 Å². The minimum absolute atomic E-state index is 0.0292. The van der Waals surface area contributed by atoms with Crippen molar-refractivity contribution in [2.75, 3.05) is 19.8 Å². The zero-order chi connectivity index (χ0) is 21.2. The smallest absolute Gasteiger partial charge is 0.319 e. The number of unbranched alkanes of at least 4 members (excludes halogenated alkanes) is 4. The van der Waals surface area contributed by atoms with E-state index in [1.165, 1.54) is 24.6 Å². The van der Waals surface area contributed by atoms with Gasteiger partial charge in [-0.2, -0.15) is 0 Å². The van der Waals surface area contributed by atoms with E-state index in [9.17, 15) is 9.59 Å². The summed E-state index contributed by atoms with van der Waals surface area (Å²) in [5.74, 6) is 0.0458. The third-order valence-electron chi connectivity index (χ3n) is 4.25. The second-order valence-electron chi connectivity index (χ2n) is 7.61. The molecule has 2 atom stereocenters. The van der Waals surface area contributed by atoms with Crippen LogP contribution in [0.4, 0.5) is 0 Å². The molecule has 0 amide bonds. The summed E-state index contributed by atoms with van der Waals surface area (Å²) in [6.07, 6.45) is 8.25. The van der Waals surface area contributed by atoms with Crippen LogP contribution in [-0.4, -0.2) is 42.4 Å². The van der Waals surface area contributed by atoms with Crippen LogP contribution in [0.25, 0.3) is 0 Å². The Morgan fingerprint density at radius 2 is 1.46 bits per heavy atom. The van der Waals surface area contributed by atoms with Gasteiger partial charge in [0.05, 0.1) is 19.6 Å². The summed E-state index contributed by atoms with van der Waals surface area (Å²) in [5, 5.41) is -0.582. The molecular formula is C22H42O5S. The highest BCUT2D eigenvalue weighted by atomic mass is 32.2. The molecule has 0 spiro atoms. The van der Waals surface area contributed by atoms with E-state index < -0.39 is 5.25 Å². The molecule has 0 heterocycles. The van der Waals surface area contributed by atoms with Gasteiger partial charge in [0, 0.05) is 6.61 Å². The molecule has 0 saturated carbocycles. The van der Waals surface area contributed by atoms with E-state index in [1.807, 2.05) is 20.8 Å². The molecule has 0 bridgehead atoms. The Balaban J connectivity index is 4.35. The highest BCUT2D eigenvalue weighted by Crippen LogP contribution is 2.24. The molecule has 0 aromatic carbocycles. The molecule has 0 rings (SSSR count). The summed E-state index contributed by atoms with van der Waals surface area (Å²) in [5.41, 5.74) is -0.169. The fraction of sp³-hybridized carbons (Fsp3) is 0.909. The van der Waals surface area contributed by atoms with Gasteiger partial charge < -0.3 is 14.2 Å². The monoisotopic (exact) mass is 418 g/mol. The molecule has 0 saturated heterocycles. The van der Waals surface area contributed by atoms with Gasteiger partial charge in [-0.1, -0.05) is 59.8 Å². The first-order chi connectivity index (χ1) is 13.4. The number of thioether (sulfide) groups is 1. The van der Waals surface area contributed by atoms with E-state index in [0.717, 1.165) is 44.4 Å². The van der Waals surface area contributed by atoms with Crippen LogP contribution >= 0.6 is 11.8 Å². The largest absolute Gasteiger partial charge is 0.466 e. The molecule has 0 aliphatic carbocycles. The number of esters is 2.